The monoisotopic (exact) mass is 623 g/mol. The van der Waals surface area contributed by atoms with E-state index in [1.54, 1.807) is 36.6 Å². The number of methoxy groups -OCH3 is 1. The Morgan fingerprint density at radius 3 is 2.77 bits per heavy atom. The van der Waals surface area contributed by atoms with E-state index in [0.29, 0.717) is 55.1 Å². The number of rotatable bonds is 7. The van der Waals surface area contributed by atoms with E-state index in [1.807, 2.05) is 24.3 Å². The first kappa shape index (κ1) is 31.7. The number of amides is 3. The highest BCUT2D eigenvalue weighted by molar-refractivity contribution is 7.09. The number of benzene rings is 2. The van der Waals surface area contributed by atoms with Gasteiger partial charge in [-0.25, -0.2) is 9.78 Å². The Morgan fingerprint density at radius 2 is 1.95 bits per heavy atom. The molecule has 2 atom stereocenters. The predicted molar refractivity (Wildman–Crippen MR) is 168 cm³/mol. The quantitative estimate of drug-likeness (QED) is 0.333. The number of nitrogens with zero attached hydrogens (tertiary/aromatic N) is 2. The van der Waals surface area contributed by atoms with Gasteiger partial charge in [-0.15, -0.1) is 11.3 Å². The normalized spacial score (nSPS) is 19.9. The van der Waals surface area contributed by atoms with Crippen LogP contribution in [0.3, 0.4) is 0 Å². The maximum absolute atomic E-state index is 13.0. The van der Waals surface area contributed by atoms with Crippen LogP contribution in [0.5, 0.6) is 17.2 Å². The van der Waals surface area contributed by atoms with Crippen LogP contribution in [0.1, 0.15) is 52.8 Å². The second kappa shape index (κ2) is 15.3. The zero-order chi connectivity index (χ0) is 30.9. The first-order chi connectivity index (χ1) is 21.4. The molecule has 12 heteroatoms. The van der Waals surface area contributed by atoms with Gasteiger partial charge in [0, 0.05) is 50.3 Å². The summed E-state index contributed by atoms with van der Waals surface area (Å²) in [6.07, 6.45) is 0.509. The number of likely N-dealkylation sites (tertiary alicyclic amines) is 1. The molecule has 236 valence electrons. The van der Waals surface area contributed by atoms with Crippen molar-refractivity contribution in [1.82, 2.24) is 25.8 Å². The van der Waals surface area contributed by atoms with E-state index in [-0.39, 0.29) is 37.2 Å². The van der Waals surface area contributed by atoms with Gasteiger partial charge in [0.2, 0.25) is 0 Å². The number of carbonyl (C=O) groups excluding carboxylic acids is 2. The minimum absolute atomic E-state index is 0.169. The molecule has 11 nitrogen and oxygen atoms in total. The molecule has 3 aromatic rings. The number of fused-ring (bicyclic) bond motifs is 5. The molecule has 2 aliphatic heterocycles. The van der Waals surface area contributed by atoms with Gasteiger partial charge < -0.3 is 34.9 Å². The summed E-state index contributed by atoms with van der Waals surface area (Å²) < 4.78 is 23.5. The third kappa shape index (κ3) is 8.91. The van der Waals surface area contributed by atoms with E-state index in [0.717, 1.165) is 35.8 Å². The van der Waals surface area contributed by atoms with Crippen LogP contribution in [0.15, 0.2) is 47.8 Å². The van der Waals surface area contributed by atoms with Crippen LogP contribution in [-0.4, -0.2) is 80.5 Å². The summed E-state index contributed by atoms with van der Waals surface area (Å²) in [6.45, 7) is 8.12. The highest BCUT2D eigenvalue weighted by Gasteiger charge is 2.32. The molecule has 0 aliphatic carbocycles. The van der Waals surface area contributed by atoms with Crippen LogP contribution in [0, 0.1) is 0 Å². The molecular weight excluding hydrogens is 582 g/mol. The summed E-state index contributed by atoms with van der Waals surface area (Å²) in [5.74, 6) is 1.66. The molecule has 1 aromatic heterocycles. The number of aromatic nitrogens is 1. The molecule has 3 heterocycles. The van der Waals surface area contributed by atoms with Crippen molar-refractivity contribution in [1.29, 1.82) is 0 Å². The zero-order valence-electron chi connectivity index (χ0n) is 25.5. The highest BCUT2D eigenvalue weighted by atomic mass is 32.1. The van der Waals surface area contributed by atoms with Crippen LogP contribution in [-0.2, 0) is 22.6 Å². The Hall–Kier alpha value is -3.71. The second-order valence-electron chi connectivity index (χ2n) is 11.2. The molecule has 1 saturated heterocycles. The lowest BCUT2D eigenvalue weighted by molar-refractivity contribution is -0.0303. The SMILES string of the molecule is COCCOc1cc2cc(c1)C(=O)NCCNC(=O)N[C@H]1CCN(Cc3nc(C(C)C)cs3)C[C@@H]1OCc1cccc(c1)O2. The molecule has 1 fully saturated rings. The van der Waals surface area contributed by atoms with E-state index in [2.05, 4.69) is 40.1 Å². The number of hydrogen-bond donors (Lipinski definition) is 3. The Kier molecular flexibility index (Phi) is 11.1. The fraction of sp³-hybridized carbons (Fsp3) is 0.469. The van der Waals surface area contributed by atoms with Gasteiger partial charge >= 0.3 is 6.03 Å². The second-order valence-corrected chi connectivity index (χ2v) is 12.2. The molecular formula is C32H41N5O6S. The lowest BCUT2D eigenvalue weighted by Crippen LogP contribution is -2.56. The number of nitrogens with one attached hydrogen (secondary N) is 3. The van der Waals surface area contributed by atoms with E-state index < -0.39 is 0 Å². The van der Waals surface area contributed by atoms with Crippen molar-refractivity contribution in [3.63, 3.8) is 0 Å². The maximum atomic E-state index is 13.0. The van der Waals surface area contributed by atoms with E-state index in [9.17, 15) is 9.59 Å². The van der Waals surface area contributed by atoms with E-state index in [1.165, 1.54) is 0 Å². The third-order valence-corrected chi connectivity index (χ3v) is 8.32. The van der Waals surface area contributed by atoms with Crippen LogP contribution in [0.4, 0.5) is 4.79 Å². The minimum Gasteiger partial charge on any atom is -0.491 e. The number of piperidine rings is 1. The van der Waals surface area contributed by atoms with Crippen LogP contribution in [0.2, 0.25) is 0 Å². The standard InChI is InChI=1S/C32H41N5O6S/c1-21(2)28-20-44-30(35-28)18-37-10-7-27-29(17-37)42-19-22-5-4-6-24(13-22)43-26-15-23(14-25(16-26)41-12-11-40-3)31(38)33-8-9-34-32(39)36-27/h4-6,13-16,20-21,27,29H,7-12,17-19H2,1-3H3,(H,33,38)(H2,34,36,39)/t27-,29-/m0/s1. The van der Waals surface area contributed by atoms with Gasteiger partial charge in [0.05, 0.1) is 37.6 Å². The number of urea groups is 1. The largest absolute Gasteiger partial charge is 0.491 e. The molecule has 0 unspecified atom stereocenters. The number of carbonyl (C=O) groups is 2. The Balaban J connectivity index is 1.34. The van der Waals surface area contributed by atoms with Crippen LogP contribution >= 0.6 is 11.3 Å². The van der Waals surface area contributed by atoms with E-state index in [4.69, 9.17) is 23.9 Å². The van der Waals surface area contributed by atoms with E-state index >= 15 is 0 Å². The van der Waals surface area contributed by atoms with Gasteiger partial charge in [-0.1, -0.05) is 26.0 Å². The third-order valence-electron chi connectivity index (χ3n) is 7.47. The average Bonchev–Trinajstić information content (AvgIpc) is 3.48. The number of ether oxygens (including phenoxy) is 4. The molecule has 4 bridgehead atoms. The summed E-state index contributed by atoms with van der Waals surface area (Å²) in [5.41, 5.74) is 2.43. The first-order valence-electron chi connectivity index (χ1n) is 15.0. The Bertz CT molecular complexity index is 1420. The molecule has 0 spiro atoms. The molecule has 2 aromatic carbocycles. The summed E-state index contributed by atoms with van der Waals surface area (Å²) in [7, 11) is 1.60. The molecule has 44 heavy (non-hydrogen) atoms. The number of hydrogen-bond acceptors (Lipinski definition) is 9. The van der Waals surface area contributed by atoms with Gasteiger partial charge in [-0.05, 0) is 42.2 Å². The predicted octanol–water partition coefficient (Wildman–Crippen LogP) is 4.29. The van der Waals surface area contributed by atoms with Crippen molar-refractivity contribution in [2.45, 2.75) is 51.5 Å². The lowest BCUT2D eigenvalue weighted by Gasteiger charge is -2.38. The summed E-state index contributed by atoms with van der Waals surface area (Å²) in [4.78, 5) is 33.0. The van der Waals surface area contributed by atoms with Crippen molar-refractivity contribution in [3.05, 3.63) is 69.7 Å². The van der Waals surface area contributed by atoms with Crippen molar-refractivity contribution in [2.24, 2.45) is 0 Å². The summed E-state index contributed by atoms with van der Waals surface area (Å²) >= 11 is 1.69. The molecule has 0 radical (unpaired) electrons. The average molecular weight is 624 g/mol. The van der Waals surface area contributed by atoms with Crippen LogP contribution in [0.25, 0.3) is 0 Å². The van der Waals surface area contributed by atoms with Gasteiger partial charge in [0.15, 0.2) is 0 Å². The first-order valence-corrected chi connectivity index (χ1v) is 15.9. The van der Waals surface area contributed by atoms with Crippen molar-refractivity contribution in [2.75, 3.05) is 46.5 Å². The smallest absolute Gasteiger partial charge is 0.315 e. The fourth-order valence-electron chi connectivity index (χ4n) is 5.11. The highest BCUT2D eigenvalue weighted by Crippen LogP contribution is 2.29. The number of thiazole rings is 1. The summed E-state index contributed by atoms with van der Waals surface area (Å²) in [6, 6.07) is 12.3. The molecule has 3 N–H and O–H groups in total. The zero-order valence-corrected chi connectivity index (χ0v) is 26.3. The molecule has 5 rings (SSSR count). The topological polar surface area (TPSA) is 123 Å². The Morgan fingerprint density at radius 1 is 1.09 bits per heavy atom. The molecule has 2 aliphatic rings. The molecule has 0 saturated carbocycles. The van der Waals surface area contributed by atoms with Gasteiger partial charge in [0.1, 0.15) is 28.9 Å². The van der Waals surface area contributed by atoms with Crippen molar-refractivity contribution < 1.29 is 28.5 Å². The molecule has 3 amide bonds. The van der Waals surface area contributed by atoms with Crippen molar-refractivity contribution in [3.8, 4) is 17.2 Å². The lowest BCUT2D eigenvalue weighted by atomic mass is 10.0. The fourth-order valence-corrected chi connectivity index (χ4v) is 6.11. The summed E-state index contributed by atoms with van der Waals surface area (Å²) in [5, 5.41) is 12.0. The maximum Gasteiger partial charge on any atom is 0.315 e. The van der Waals surface area contributed by atoms with Gasteiger partial charge in [-0.3, -0.25) is 9.69 Å². The van der Waals surface area contributed by atoms with Crippen molar-refractivity contribution >= 4 is 23.3 Å². The Labute approximate surface area is 262 Å². The van der Waals surface area contributed by atoms with Crippen LogP contribution < -0.4 is 25.4 Å². The van der Waals surface area contributed by atoms with Gasteiger partial charge in [0.25, 0.3) is 5.91 Å². The van der Waals surface area contributed by atoms with Gasteiger partial charge in [-0.2, -0.15) is 0 Å². The minimum atomic E-state index is -0.300.